The van der Waals surface area contributed by atoms with Crippen LogP contribution in [0.5, 0.6) is 5.75 Å². The zero-order valence-corrected chi connectivity index (χ0v) is 24.4. The largest absolute Gasteiger partial charge is 0.491 e. The second-order valence-corrected chi connectivity index (χ2v) is 12.0. The average molecular weight is 585 g/mol. The van der Waals surface area contributed by atoms with E-state index in [1.54, 1.807) is 24.3 Å². The van der Waals surface area contributed by atoms with Crippen molar-refractivity contribution in [1.29, 1.82) is 0 Å². The summed E-state index contributed by atoms with van der Waals surface area (Å²) in [6, 6.07) is 21.1. The van der Waals surface area contributed by atoms with Crippen molar-refractivity contribution in [2.75, 3.05) is 40.3 Å². The van der Waals surface area contributed by atoms with E-state index in [9.17, 15) is 24.3 Å². The fraction of sp³-hybridized carbons (Fsp3) is 0.394. The summed E-state index contributed by atoms with van der Waals surface area (Å²) < 4.78 is 7.66. The first kappa shape index (κ1) is 28.8. The van der Waals surface area contributed by atoms with Crippen LogP contribution in [0.1, 0.15) is 35.3 Å². The fourth-order valence-electron chi connectivity index (χ4n) is 6.98. The lowest BCUT2D eigenvalue weighted by Crippen LogP contribution is -2.67. The van der Waals surface area contributed by atoms with E-state index in [1.165, 1.54) is 14.1 Å². The smallest absolute Gasteiger partial charge is 0.332 e. The average Bonchev–Trinajstić information content (AvgIpc) is 3.02. The van der Waals surface area contributed by atoms with Crippen molar-refractivity contribution in [2.24, 2.45) is 11.3 Å². The first-order chi connectivity index (χ1) is 20.7. The van der Waals surface area contributed by atoms with Crippen LogP contribution >= 0.6 is 0 Å². The number of hydrogen-bond donors (Lipinski definition) is 1. The molecule has 224 valence electrons. The number of barbiturate groups is 1. The van der Waals surface area contributed by atoms with Crippen LogP contribution in [0.3, 0.4) is 0 Å². The Bertz CT molecular complexity index is 1560. The minimum absolute atomic E-state index is 0.00137. The molecule has 3 aromatic rings. The normalized spacial score (nSPS) is 22.3. The number of fused-ring (bicyclic) bond motifs is 4. The van der Waals surface area contributed by atoms with Gasteiger partial charge in [-0.15, -0.1) is 0 Å². The molecular weight excluding hydrogens is 548 g/mol. The number of rotatable bonds is 8. The van der Waals surface area contributed by atoms with Gasteiger partial charge in [0.2, 0.25) is 11.8 Å². The fourth-order valence-corrected chi connectivity index (χ4v) is 6.98. The van der Waals surface area contributed by atoms with Gasteiger partial charge in [0, 0.05) is 58.0 Å². The lowest BCUT2D eigenvalue weighted by Gasteiger charge is -2.48. The molecule has 6 rings (SSSR count). The van der Waals surface area contributed by atoms with E-state index < -0.39 is 29.4 Å². The summed E-state index contributed by atoms with van der Waals surface area (Å²) in [4.78, 5) is 57.2. The Balaban J connectivity index is 1.23. The number of benzene rings is 2. The molecule has 3 aliphatic heterocycles. The molecular formula is C33H36N4O6. The maximum atomic E-state index is 13.9. The van der Waals surface area contributed by atoms with Gasteiger partial charge in [-0.3, -0.25) is 24.2 Å². The Morgan fingerprint density at radius 1 is 0.860 bits per heavy atom. The van der Waals surface area contributed by atoms with Gasteiger partial charge in [-0.2, -0.15) is 0 Å². The first-order valence-electron chi connectivity index (χ1n) is 14.6. The number of pyridine rings is 1. The number of aromatic nitrogens is 1. The van der Waals surface area contributed by atoms with E-state index in [-0.39, 0.29) is 37.0 Å². The summed E-state index contributed by atoms with van der Waals surface area (Å²) in [7, 11) is 2.84. The van der Waals surface area contributed by atoms with E-state index in [0.29, 0.717) is 25.4 Å². The van der Waals surface area contributed by atoms with Crippen molar-refractivity contribution in [2.45, 2.75) is 31.4 Å². The van der Waals surface area contributed by atoms with Gasteiger partial charge in [0.05, 0.1) is 0 Å². The van der Waals surface area contributed by atoms with E-state index in [4.69, 9.17) is 4.74 Å². The molecule has 4 heterocycles. The number of carbonyl (C=O) groups excluding carboxylic acids is 3. The van der Waals surface area contributed by atoms with E-state index in [2.05, 4.69) is 4.90 Å². The molecule has 0 unspecified atom stereocenters. The van der Waals surface area contributed by atoms with Crippen molar-refractivity contribution >= 4 is 17.8 Å². The number of likely N-dealkylation sites (tertiary alicyclic amines) is 1. The van der Waals surface area contributed by atoms with Gasteiger partial charge in [0.25, 0.3) is 5.56 Å². The third-order valence-corrected chi connectivity index (χ3v) is 9.07. The number of amides is 4. The Kier molecular flexibility index (Phi) is 7.66. The number of aliphatic hydroxyl groups is 1. The number of piperidine rings is 1. The van der Waals surface area contributed by atoms with Crippen LogP contribution in [0.4, 0.5) is 4.79 Å². The molecule has 0 aliphatic carbocycles. The Hall–Kier alpha value is -4.28. The molecule has 2 saturated heterocycles. The standard InChI is InChI=1S/C33H36N4O6/c1-34-30(40)33(31(41)35(2)32(34)42,21-36-17-23-15-25(19-36)27-9-6-10-29(39)37(27)18-23)16-22-11-13-26(14-12-22)43-20-28(38)24-7-4-3-5-8-24/h3-14,23,25,28,38H,15-21H2,1-2H3/t23-,25-,28+/m1/s1. The lowest BCUT2D eigenvalue weighted by atomic mass is 9.75. The van der Waals surface area contributed by atoms with Gasteiger partial charge in [0.1, 0.15) is 23.9 Å². The zero-order chi connectivity index (χ0) is 30.3. The van der Waals surface area contributed by atoms with Gasteiger partial charge in [0.15, 0.2) is 0 Å². The van der Waals surface area contributed by atoms with Crippen molar-refractivity contribution < 1.29 is 24.2 Å². The van der Waals surface area contributed by atoms with Crippen LogP contribution < -0.4 is 10.3 Å². The molecule has 4 amide bonds. The van der Waals surface area contributed by atoms with Crippen LogP contribution in [-0.4, -0.2) is 82.6 Å². The molecule has 0 spiro atoms. The monoisotopic (exact) mass is 584 g/mol. The molecule has 0 saturated carbocycles. The summed E-state index contributed by atoms with van der Waals surface area (Å²) >= 11 is 0. The molecule has 2 aromatic carbocycles. The van der Waals surface area contributed by atoms with Crippen molar-refractivity contribution in [3.8, 4) is 5.75 Å². The highest BCUT2D eigenvalue weighted by molar-refractivity contribution is 6.19. The molecule has 43 heavy (non-hydrogen) atoms. The highest BCUT2D eigenvalue weighted by Gasteiger charge is 2.56. The molecule has 1 N–H and O–H groups in total. The minimum Gasteiger partial charge on any atom is -0.491 e. The minimum atomic E-state index is -1.49. The van der Waals surface area contributed by atoms with E-state index in [1.807, 2.05) is 53.1 Å². The Morgan fingerprint density at radius 3 is 2.26 bits per heavy atom. The Labute approximate surface area is 250 Å². The molecule has 10 heteroatoms. The van der Waals surface area contributed by atoms with Gasteiger partial charge in [-0.25, -0.2) is 4.79 Å². The van der Waals surface area contributed by atoms with Crippen molar-refractivity contribution in [3.63, 3.8) is 0 Å². The molecule has 3 aliphatic rings. The van der Waals surface area contributed by atoms with E-state index in [0.717, 1.165) is 33.0 Å². The summed E-state index contributed by atoms with van der Waals surface area (Å²) in [6.07, 6.45) is 0.287. The van der Waals surface area contributed by atoms with Gasteiger partial charge < -0.3 is 19.3 Å². The maximum Gasteiger partial charge on any atom is 0.332 e. The first-order valence-corrected chi connectivity index (χ1v) is 14.6. The highest BCUT2D eigenvalue weighted by Crippen LogP contribution is 2.39. The van der Waals surface area contributed by atoms with Crippen LogP contribution in [-0.2, 0) is 22.6 Å². The number of urea groups is 1. The number of imide groups is 2. The third kappa shape index (κ3) is 5.36. The summed E-state index contributed by atoms with van der Waals surface area (Å²) in [5, 5.41) is 10.4. The quantitative estimate of drug-likeness (QED) is 0.405. The Morgan fingerprint density at radius 2 is 1.56 bits per heavy atom. The number of ether oxygens (including phenoxy) is 1. The molecule has 2 fully saturated rings. The van der Waals surface area contributed by atoms with Crippen LogP contribution in [0.2, 0.25) is 0 Å². The second-order valence-electron chi connectivity index (χ2n) is 12.0. The predicted molar refractivity (Wildman–Crippen MR) is 158 cm³/mol. The maximum absolute atomic E-state index is 13.9. The molecule has 2 bridgehead atoms. The summed E-state index contributed by atoms with van der Waals surface area (Å²) in [6.45, 7) is 2.11. The van der Waals surface area contributed by atoms with Crippen molar-refractivity contribution in [3.05, 3.63) is 100.0 Å². The molecule has 10 nitrogen and oxygen atoms in total. The molecule has 0 radical (unpaired) electrons. The van der Waals surface area contributed by atoms with Crippen LogP contribution in [0.15, 0.2) is 77.6 Å². The number of carbonyl (C=O) groups is 3. The molecule has 1 aromatic heterocycles. The predicted octanol–water partition coefficient (Wildman–Crippen LogP) is 2.66. The number of hydrogen-bond acceptors (Lipinski definition) is 7. The van der Waals surface area contributed by atoms with Crippen molar-refractivity contribution in [1.82, 2.24) is 19.3 Å². The summed E-state index contributed by atoms with van der Waals surface area (Å²) in [5.41, 5.74) is 1.00. The van der Waals surface area contributed by atoms with Gasteiger partial charge >= 0.3 is 6.03 Å². The molecule has 3 atom stereocenters. The van der Waals surface area contributed by atoms with E-state index >= 15 is 0 Å². The SMILES string of the molecule is CN1C(=O)N(C)C(=O)C(Cc2ccc(OC[C@H](O)c3ccccc3)cc2)(CN2C[C@H]3C[C@H](C2)c2cccc(=O)n2C3)C1=O. The number of aliphatic hydroxyl groups excluding tert-OH is 1. The van der Waals surface area contributed by atoms with Crippen LogP contribution in [0, 0.1) is 11.3 Å². The number of nitrogens with zero attached hydrogens (tertiary/aromatic N) is 4. The lowest BCUT2D eigenvalue weighted by molar-refractivity contribution is -0.159. The van der Waals surface area contributed by atoms with Gasteiger partial charge in [-0.1, -0.05) is 48.5 Å². The van der Waals surface area contributed by atoms with Crippen LogP contribution in [0.25, 0.3) is 0 Å². The topological polar surface area (TPSA) is 112 Å². The van der Waals surface area contributed by atoms with Gasteiger partial charge in [-0.05, 0) is 48.1 Å². The highest BCUT2D eigenvalue weighted by atomic mass is 16.5. The zero-order valence-electron chi connectivity index (χ0n) is 24.4. The summed E-state index contributed by atoms with van der Waals surface area (Å²) in [5.74, 6) is -0.140. The third-order valence-electron chi connectivity index (χ3n) is 9.07. The second kappa shape index (κ2) is 11.4.